The molecule has 0 spiro atoms. The summed E-state index contributed by atoms with van der Waals surface area (Å²) in [6.45, 7) is 11.7. The normalized spacial score (nSPS) is 11.4. The van der Waals surface area contributed by atoms with Gasteiger partial charge in [-0.2, -0.15) is 0 Å². The van der Waals surface area contributed by atoms with Crippen molar-refractivity contribution >= 4 is 41.3 Å². The first-order valence-corrected chi connectivity index (χ1v) is 8.23. The molecule has 21 heavy (non-hydrogen) atoms. The average Bonchev–Trinajstić information content (AvgIpc) is 2.87. The van der Waals surface area contributed by atoms with Gasteiger partial charge in [-0.25, -0.2) is 0 Å². The number of hydrogen-bond acceptors (Lipinski definition) is 3. The second-order valence-electron chi connectivity index (χ2n) is 4.80. The summed E-state index contributed by atoms with van der Waals surface area (Å²) in [5, 5.41) is 6.73. The third-order valence-electron chi connectivity index (χ3n) is 3.16. The molecular formula is C15H29IN4S. The van der Waals surface area contributed by atoms with Gasteiger partial charge in [-0.15, -0.1) is 35.3 Å². The predicted molar refractivity (Wildman–Crippen MR) is 105 cm³/mol. The van der Waals surface area contributed by atoms with Gasteiger partial charge in [0.1, 0.15) is 0 Å². The molecule has 2 N–H and O–H groups in total. The van der Waals surface area contributed by atoms with E-state index in [-0.39, 0.29) is 24.0 Å². The Morgan fingerprint density at radius 1 is 1.24 bits per heavy atom. The van der Waals surface area contributed by atoms with Crippen molar-refractivity contribution in [3.63, 3.8) is 0 Å². The van der Waals surface area contributed by atoms with Crippen LogP contribution >= 0.6 is 35.3 Å². The molecule has 1 aromatic rings. The molecule has 4 nitrogen and oxygen atoms in total. The molecule has 0 saturated carbocycles. The van der Waals surface area contributed by atoms with E-state index in [4.69, 9.17) is 0 Å². The summed E-state index contributed by atoms with van der Waals surface area (Å²) in [5.74, 6) is 0.878. The molecule has 0 aliphatic rings. The Bertz CT molecular complexity index is 406. The van der Waals surface area contributed by atoms with E-state index in [1.807, 2.05) is 18.4 Å². The highest BCUT2D eigenvalue weighted by Crippen LogP contribution is 2.14. The topological polar surface area (TPSA) is 39.7 Å². The molecule has 1 aromatic heterocycles. The molecule has 1 heterocycles. The summed E-state index contributed by atoms with van der Waals surface area (Å²) in [7, 11) is 1.82. The highest BCUT2D eigenvalue weighted by Gasteiger charge is 2.02. The van der Waals surface area contributed by atoms with E-state index < -0.39 is 0 Å². The first-order chi connectivity index (χ1) is 9.69. The minimum atomic E-state index is 0. The molecule has 0 amide bonds. The van der Waals surface area contributed by atoms with Gasteiger partial charge in [0.15, 0.2) is 5.96 Å². The quantitative estimate of drug-likeness (QED) is 0.383. The number of nitrogens with zero attached hydrogens (tertiary/aromatic N) is 2. The SMILES string of the molecule is CCCN(CC)CCNC(=NC)NCc1ccc(C)s1.I. The summed E-state index contributed by atoms with van der Waals surface area (Å²) >= 11 is 1.83. The van der Waals surface area contributed by atoms with E-state index in [0.29, 0.717) is 0 Å². The summed E-state index contributed by atoms with van der Waals surface area (Å²) < 4.78 is 0. The van der Waals surface area contributed by atoms with Crippen LogP contribution in [0.1, 0.15) is 30.0 Å². The number of hydrogen-bond donors (Lipinski definition) is 2. The monoisotopic (exact) mass is 424 g/mol. The smallest absolute Gasteiger partial charge is 0.191 e. The van der Waals surface area contributed by atoms with Crippen LogP contribution in [0.2, 0.25) is 0 Å². The number of thiophene rings is 1. The Morgan fingerprint density at radius 3 is 2.52 bits per heavy atom. The molecule has 0 saturated heterocycles. The van der Waals surface area contributed by atoms with E-state index in [0.717, 1.165) is 32.1 Å². The van der Waals surface area contributed by atoms with Crippen molar-refractivity contribution in [1.82, 2.24) is 15.5 Å². The molecule has 0 radical (unpaired) electrons. The van der Waals surface area contributed by atoms with Crippen molar-refractivity contribution < 1.29 is 0 Å². The standard InChI is InChI=1S/C15H28N4S.HI/c1-5-10-19(6-2)11-9-17-15(16-4)18-12-14-8-7-13(3)20-14;/h7-8H,5-6,9-12H2,1-4H3,(H2,16,17,18);1H. The molecule has 0 fully saturated rings. The fraction of sp³-hybridized carbons (Fsp3) is 0.667. The van der Waals surface area contributed by atoms with Crippen molar-refractivity contribution in [3.05, 3.63) is 21.9 Å². The zero-order valence-corrected chi connectivity index (χ0v) is 16.8. The average molecular weight is 424 g/mol. The van der Waals surface area contributed by atoms with Crippen LogP contribution in [0.3, 0.4) is 0 Å². The number of aliphatic imine (C=N–C) groups is 1. The Morgan fingerprint density at radius 2 is 2.00 bits per heavy atom. The lowest BCUT2D eigenvalue weighted by atomic mass is 10.4. The lowest BCUT2D eigenvalue weighted by molar-refractivity contribution is 0.293. The highest BCUT2D eigenvalue weighted by molar-refractivity contribution is 14.0. The van der Waals surface area contributed by atoms with Crippen LogP contribution in [-0.4, -0.2) is 44.1 Å². The first kappa shape index (κ1) is 20.7. The largest absolute Gasteiger partial charge is 0.355 e. The number of rotatable bonds is 8. The molecule has 1 rings (SSSR count). The van der Waals surface area contributed by atoms with Crippen LogP contribution in [0.15, 0.2) is 17.1 Å². The maximum Gasteiger partial charge on any atom is 0.191 e. The molecule has 0 aromatic carbocycles. The predicted octanol–water partition coefficient (Wildman–Crippen LogP) is 3.07. The minimum Gasteiger partial charge on any atom is -0.355 e. The summed E-state index contributed by atoms with van der Waals surface area (Å²) in [6, 6.07) is 4.32. The molecule has 122 valence electrons. The van der Waals surface area contributed by atoms with Crippen LogP contribution in [-0.2, 0) is 6.54 Å². The second kappa shape index (κ2) is 12.2. The number of nitrogens with one attached hydrogen (secondary N) is 2. The molecule has 6 heteroatoms. The Balaban J connectivity index is 0.00000400. The van der Waals surface area contributed by atoms with E-state index in [1.54, 1.807) is 0 Å². The van der Waals surface area contributed by atoms with Crippen LogP contribution in [0.5, 0.6) is 0 Å². The molecule has 0 bridgehead atoms. The number of halogens is 1. The summed E-state index contributed by atoms with van der Waals surface area (Å²) in [4.78, 5) is 9.40. The zero-order chi connectivity index (χ0) is 14.8. The van der Waals surface area contributed by atoms with Gasteiger partial charge in [-0.1, -0.05) is 13.8 Å². The van der Waals surface area contributed by atoms with Gasteiger partial charge in [0.2, 0.25) is 0 Å². The summed E-state index contributed by atoms with van der Waals surface area (Å²) in [6.07, 6.45) is 1.21. The molecule has 0 unspecified atom stereocenters. The van der Waals surface area contributed by atoms with Crippen LogP contribution in [0.25, 0.3) is 0 Å². The van der Waals surface area contributed by atoms with Gasteiger partial charge >= 0.3 is 0 Å². The van der Waals surface area contributed by atoms with Crippen molar-refractivity contribution in [1.29, 1.82) is 0 Å². The van der Waals surface area contributed by atoms with Crippen molar-refractivity contribution in [3.8, 4) is 0 Å². The summed E-state index contributed by atoms with van der Waals surface area (Å²) in [5.41, 5.74) is 0. The number of guanidine groups is 1. The molecule has 0 atom stereocenters. The van der Waals surface area contributed by atoms with Crippen LogP contribution in [0.4, 0.5) is 0 Å². The first-order valence-electron chi connectivity index (χ1n) is 7.41. The van der Waals surface area contributed by atoms with E-state index in [1.165, 1.54) is 22.7 Å². The number of likely N-dealkylation sites (N-methyl/N-ethyl adjacent to an activating group) is 1. The van der Waals surface area contributed by atoms with Gasteiger partial charge in [-0.05, 0) is 38.6 Å². The van der Waals surface area contributed by atoms with E-state index >= 15 is 0 Å². The molecule has 0 aliphatic heterocycles. The Labute approximate surface area is 150 Å². The van der Waals surface area contributed by atoms with Crippen LogP contribution < -0.4 is 10.6 Å². The minimum absolute atomic E-state index is 0. The van der Waals surface area contributed by atoms with Gasteiger partial charge in [0.25, 0.3) is 0 Å². The Hall–Kier alpha value is -0.340. The van der Waals surface area contributed by atoms with E-state index in [9.17, 15) is 0 Å². The second-order valence-corrected chi connectivity index (χ2v) is 6.17. The lowest BCUT2D eigenvalue weighted by Crippen LogP contribution is -2.41. The molecule has 0 aliphatic carbocycles. The van der Waals surface area contributed by atoms with Crippen molar-refractivity contribution in [2.75, 3.05) is 33.2 Å². The van der Waals surface area contributed by atoms with Crippen molar-refractivity contribution in [2.24, 2.45) is 4.99 Å². The third kappa shape index (κ3) is 8.63. The van der Waals surface area contributed by atoms with E-state index in [2.05, 4.69) is 53.4 Å². The number of aryl methyl sites for hydroxylation is 1. The Kier molecular flexibility index (Phi) is 12.0. The van der Waals surface area contributed by atoms with Gasteiger partial charge < -0.3 is 15.5 Å². The zero-order valence-electron chi connectivity index (χ0n) is 13.6. The van der Waals surface area contributed by atoms with Gasteiger partial charge in [0.05, 0.1) is 6.54 Å². The third-order valence-corrected chi connectivity index (χ3v) is 4.16. The van der Waals surface area contributed by atoms with Crippen molar-refractivity contribution in [2.45, 2.75) is 33.7 Å². The molecular weight excluding hydrogens is 395 g/mol. The maximum atomic E-state index is 4.26. The fourth-order valence-corrected chi connectivity index (χ4v) is 2.88. The highest BCUT2D eigenvalue weighted by atomic mass is 127. The van der Waals surface area contributed by atoms with Crippen LogP contribution in [0, 0.1) is 6.92 Å². The fourth-order valence-electron chi connectivity index (χ4n) is 2.05. The maximum absolute atomic E-state index is 4.26. The lowest BCUT2D eigenvalue weighted by Gasteiger charge is -2.20. The van der Waals surface area contributed by atoms with Gasteiger partial charge in [-0.3, -0.25) is 4.99 Å². The van der Waals surface area contributed by atoms with Gasteiger partial charge in [0, 0.05) is 29.9 Å².